The van der Waals surface area contributed by atoms with Gasteiger partial charge in [-0.05, 0) is 24.3 Å². The molecule has 240 valence electrons. The fourth-order valence-corrected chi connectivity index (χ4v) is 7.02. The topological polar surface area (TPSA) is 176 Å². The summed E-state index contributed by atoms with van der Waals surface area (Å²) >= 11 is 1.19. The van der Waals surface area contributed by atoms with Crippen LogP contribution in [-0.2, 0) is 14.2 Å². The zero-order chi connectivity index (χ0) is 31.8. The summed E-state index contributed by atoms with van der Waals surface area (Å²) in [5.41, 5.74) is 6.89. The first kappa shape index (κ1) is 31.4. The minimum Gasteiger partial charge on any atom is -0.399 e. The molecule has 2 aliphatic rings. The molecular weight excluding hydrogens is 619 g/mol. The van der Waals surface area contributed by atoms with E-state index in [1.54, 1.807) is 24.4 Å². The van der Waals surface area contributed by atoms with Crippen molar-refractivity contribution >= 4 is 17.4 Å². The molecule has 0 radical (unpaired) electrons. The molecule has 0 bridgehead atoms. The Bertz CT molecular complexity index is 1620. The minimum absolute atomic E-state index is 0.00966. The molecule has 2 aromatic carbocycles. The maximum atomic E-state index is 13.9. The second-order valence-electron chi connectivity index (χ2n) is 10.7. The molecule has 1 unspecified atom stereocenters. The van der Waals surface area contributed by atoms with Gasteiger partial charge in [0.1, 0.15) is 47.2 Å². The number of hydrogen-bond acceptors (Lipinski definition) is 12. The van der Waals surface area contributed by atoms with Gasteiger partial charge in [0.25, 0.3) is 0 Å². The number of rotatable bonds is 8. The smallest absolute Gasteiger partial charge is 0.194 e. The highest BCUT2D eigenvalue weighted by molar-refractivity contribution is 8.00. The molecular formula is C28H30F3N7O6S. The molecule has 5 N–H and O–H groups in total. The van der Waals surface area contributed by atoms with Crippen LogP contribution in [0.5, 0.6) is 0 Å². The SMILES string of the molecule is CO[C@@H]1[C@@H](n2cc(-c3cc(F)c(F)c(F)c3)nn2)[C@@H](O)[C@@H](CO)O[C@H]1S[C@@H]1COC[C@H](n2cc(-c3cccc(N)c3)nn2)C1O. The number of halogens is 3. The summed E-state index contributed by atoms with van der Waals surface area (Å²) in [7, 11) is 1.40. The second kappa shape index (κ2) is 13.0. The highest BCUT2D eigenvalue weighted by Crippen LogP contribution is 2.41. The van der Waals surface area contributed by atoms with Crippen molar-refractivity contribution in [3.63, 3.8) is 0 Å². The highest BCUT2D eigenvalue weighted by atomic mass is 32.2. The van der Waals surface area contributed by atoms with E-state index >= 15 is 0 Å². The van der Waals surface area contributed by atoms with Gasteiger partial charge >= 0.3 is 0 Å². The van der Waals surface area contributed by atoms with Crippen LogP contribution in [-0.4, -0.2) is 107 Å². The molecule has 0 amide bonds. The Labute approximate surface area is 258 Å². The molecule has 45 heavy (non-hydrogen) atoms. The van der Waals surface area contributed by atoms with Crippen LogP contribution in [0, 0.1) is 17.5 Å². The standard InChI is InChI=1S/C28H30F3N7O6S/c1-42-27-24(38-9-19(34-36-38)14-6-16(29)23(31)17(30)7-14)26(41)21(10-39)44-28(27)45-22-12-43-11-20(25(22)40)37-8-18(33-35-37)13-3-2-4-15(32)5-13/h2-9,20-22,24-28,39-41H,10-12,32H2,1H3/t20-,21+,22+,24-,25?,26-,27+,28-/m0/s1. The minimum atomic E-state index is -1.61. The number of nitrogen functional groups attached to an aromatic ring is 1. The summed E-state index contributed by atoms with van der Waals surface area (Å²) in [5.74, 6) is -4.40. The van der Waals surface area contributed by atoms with Crippen molar-refractivity contribution in [1.82, 2.24) is 30.0 Å². The molecule has 2 saturated heterocycles. The lowest BCUT2D eigenvalue weighted by molar-refractivity contribution is -0.186. The molecule has 0 saturated carbocycles. The number of aliphatic hydroxyl groups excluding tert-OH is 3. The van der Waals surface area contributed by atoms with Gasteiger partial charge in [0.2, 0.25) is 0 Å². The molecule has 4 heterocycles. The normalized spacial score (nSPS) is 28.8. The number of hydrogen-bond donors (Lipinski definition) is 4. The Hall–Kier alpha value is -3.58. The van der Waals surface area contributed by atoms with Crippen LogP contribution >= 0.6 is 11.8 Å². The van der Waals surface area contributed by atoms with Crippen molar-refractivity contribution in [2.75, 3.05) is 32.7 Å². The average molecular weight is 650 g/mol. The van der Waals surface area contributed by atoms with Crippen LogP contribution in [0.15, 0.2) is 48.8 Å². The summed E-state index contributed by atoms with van der Waals surface area (Å²) in [6, 6.07) is 7.17. The monoisotopic (exact) mass is 649 g/mol. The Morgan fingerprint density at radius 1 is 0.978 bits per heavy atom. The number of methoxy groups -OCH3 is 1. The van der Waals surface area contributed by atoms with Crippen LogP contribution in [0.2, 0.25) is 0 Å². The first-order valence-corrected chi connectivity index (χ1v) is 14.9. The van der Waals surface area contributed by atoms with Crippen LogP contribution in [0.4, 0.5) is 18.9 Å². The summed E-state index contributed by atoms with van der Waals surface area (Å²) in [5, 5.41) is 48.5. The number of aliphatic hydroxyl groups is 3. The number of benzene rings is 2. The van der Waals surface area contributed by atoms with Crippen molar-refractivity contribution in [3.8, 4) is 22.5 Å². The van der Waals surface area contributed by atoms with Gasteiger partial charge < -0.3 is 35.3 Å². The van der Waals surface area contributed by atoms with Crippen LogP contribution in [0.25, 0.3) is 22.5 Å². The van der Waals surface area contributed by atoms with Crippen LogP contribution in [0.1, 0.15) is 12.1 Å². The fraction of sp³-hybridized carbons (Fsp3) is 0.429. The van der Waals surface area contributed by atoms with Crippen molar-refractivity contribution < 1.29 is 42.7 Å². The predicted octanol–water partition coefficient (Wildman–Crippen LogP) is 1.57. The van der Waals surface area contributed by atoms with E-state index in [1.807, 2.05) is 6.07 Å². The molecule has 4 aromatic rings. The van der Waals surface area contributed by atoms with Gasteiger partial charge in [-0.25, -0.2) is 22.5 Å². The van der Waals surface area contributed by atoms with E-state index in [4.69, 9.17) is 19.9 Å². The first-order valence-electron chi connectivity index (χ1n) is 13.9. The Balaban J connectivity index is 1.22. The highest BCUT2D eigenvalue weighted by Gasteiger charge is 2.49. The van der Waals surface area contributed by atoms with E-state index in [9.17, 15) is 28.5 Å². The van der Waals surface area contributed by atoms with Crippen molar-refractivity contribution in [3.05, 3.63) is 66.2 Å². The third-order valence-electron chi connectivity index (χ3n) is 7.88. The van der Waals surface area contributed by atoms with Crippen molar-refractivity contribution in [2.24, 2.45) is 0 Å². The third kappa shape index (κ3) is 6.16. The van der Waals surface area contributed by atoms with E-state index in [0.717, 1.165) is 17.7 Å². The number of anilines is 1. The zero-order valence-electron chi connectivity index (χ0n) is 23.7. The van der Waals surface area contributed by atoms with E-state index < -0.39 is 71.2 Å². The lowest BCUT2D eigenvalue weighted by atomic mass is 9.97. The number of nitrogens with two attached hydrogens (primary N) is 1. The van der Waals surface area contributed by atoms with Gasteiger partial charge in [0.05, 0.1) is 43.6 Å². The summed E-state index contributed by atoms with van der Waals surface area (Å²) < 4.78 is 61.6. The van der Waals surface area contributed by atoms with Crippen LogP contribution < -0.4 is 5.73 Å². The van der Waals surface area contributed by atoms with Gasteiger partial charge in [-0.3, -0.25) is 0 Å². The maximum absolute atomic E-state index is 13.9. The lowest BCUT2D eigenvalue weighted by Crippen LogP contribution is -2.56. The molecule has 2 aliphatic heterocycles. The summed E-state index contributed by atoms with van der Waals surface area (Å²) in [4.78, 5) is 0. The molecule has 2 fully saturated rings. The zero-order valence-corrected chi connectivity index (χ0v) is 24.5. The Morgan fingerprint density at radius 3 is 2.36 bits per heavy atom. The first-order chi connectivity index (χ1) is 21.7. The average Bonchev–Trinajstić information content (AvgIpc) is 3.72. The van der Waals surface area contributed by atoms with Crippen LogP contribution in [0.3, 0.4) is 0 Å². The number of aromatic nitrogens is 6. The lowest BCUT2D eigenvalue weighted by Gasteiger charge is -2.45. The molecule has 0 spiro atoms. The number of ether oxygens (including phenoxy) is 3. The summed E-state index contributed by atoms with van der Waals surface area (Å²) in [6.45, 7) is -0.231. The molecule has 17 heteroatoms. The number of nitrogens with zero attached hydrogens (tertiary/aromatic N) is 6. The number of thioether (sulfide) groups is 1. The van der Waals surface area contributed by atoms with Gasteiger partial charge in [-0.15, -0.1) is 22.0 Å². The fourth-order valence-electron chi connectivity index (χ4n) is 5.53. The van der Waals surface area contributed by atoms with E-state index in [1.165, 1.54) is 34.4 Å². The largest absolute Gasteiger partial charge is 0.399 e. The maximum Gasteiger partial charge on any atom is 0.194 e. The summed E-state index contributed by atoms with van der Waals surface area (Å²) in [6.07, 6.45) is -1.28. The van der Waals surface area contributed by atoms with E-state index in [0.29, 0.717) is 11.4 Å². The van der Waals surface area contributed by atoms with Gasteiger partial charge in [-0.1, -0.05) is 22.6 Å². The van der Waals surface area contributed by atoms with E-state index in [-0.39, 0.29) is 24.5 Å². The molecule has 0 aliphatic carbocycles. The molecule has 13 nitrogen and oxygen atoms in total. The quantitative estimate of drug-likeness (QED) is 0.160. The van der Waals surface area contributed by atoms with Gasteiger partial charge in [-0.2, -0.15) is 0 Å². The molecule has 2 aromatic heterocycles. The van der Waals surface area contributed by atoms with Crippen molar-refractivity contribution in [2.45, 2.75) is 47.2 Å². The van der Waals surface area contributed by atoms with Gasteiger partial charge in [0.15, 0.2) is 17.5 Å². The Morgan fingerprint density at radius 2 is 1.67 bits per heavy atom. The third-order valence-corrected chi connectivity index (χ3v) is 9.29. The second-order valence-corrected chi connectivity index (χ2v) is 12.1. The Kier molecular flexibility index (Phi) is 9.10. The van der Waals surface area contributed by atoms with E-state index in [2.05, 4.69) is 20.6 Å². The predicted molar refractivity (Wildman–Crippen MR) is 154 cm³/mol. The molecule has 8 atom stereocenters. The van der Waals surface area contributed by atoms with Gasteiger partial charge in [0, 0.05) is 23.9 Å². The van der Waals surface area contributed by atoms with Crippen molar-refractivity contribution in [1.29, 1.82) is 0 Å². The molecule has 6 rings (SSSR count).